The van der Waals surface area contributed by atoms with E-state index >= 15 is 0 Å². The van der Waals surface area contributed by atoms with E-state index in [0.29, 0.717) is 6.54 Å². The fraction of sp³-hybridized carbons (Fsp3) is 0.190. The van der Waals surface area contributed by atoms with Crippen LogP contribution in [0.3, 0.4) is 0 Å². The number of carbonyl (C=O) groups excluding carboxylic acids is 1. The predicted molar refractivity (Wildman–Crippen MR) is 106 cm³/mol. The van der Waals surface area contributed by atoms with Gasteiger partial charge in [0.05, 0.1) is 5.69 Å². The van der Waals surface area contributed by atoms with Crippen molar-refractivity contribution in [3.63, 3.8) is 0 Å². The summed E-state index contributed by atoms with van der Waals surface area (Å²) in [5.74, 6) is -2.97. The number of hydrogen-bond acceptors (Lipinski definition) is 6. The van der Waals surface area contributed by atoms with Crippen LogP contribution < -0.4 is 20.3 Å². The summed E-state index contributed by atoms with van der Waals surface area (Å²) in [6.45, 7) is 1.00. The van der Waals surface area contributed by atoms with Crippen molar-refractivity contribution in [3.05, 3.63) is 70.7 Å². The summed E-state index contributed by atoms with van der Waals surface area (Å²) in [5, 5.41) is 6.02. The fourth-order valence-electron chi connectivity index (χ4n) is 3.64. The molecule has 5 rings (SSSR count). The number of benzene rings is 2. The molecule has 2 aromatic carbocycles. The smallest absolute Gasteiger partial charge is 0.268 e. The van der Waals surface area contributed by atoms with E-state index in [2.05, 4.69) is 20.6 Å². The fourth-order valence-corrected chi connectivity index (χ4v) is 3.64. The van der Waals surface area contributed by atoms with Gasteiger partial charge in [-0.1, -0.05) is 6.07 Å². The molecule has 0 spiro atoms. The number of nitrogens with zero attached hydrogens (tertiary/aromatic N) is 3. The summed E-state index contributed by atoms with van der Waals surface area (Å²) in [6.07, 6.45) is 1.92. The molecule has 0 unspecified atom stereocenters. The monoisotopic (exact) mass is 427 g/mol. The Labute approximate surface area is 174 Å². The highest BCUT2D eigenvalue weighted by molar-refractivity contribution is 6.08. The van der Waals surface area contributed by atoms with Crippen LogP contribution in [-0.4, -0.2) is 29.2 Å². The first-order chi connectivity index (χ1) is 15.0. The minimum Gasteiger partial charge on any atom is -0.455 e. The quantitative estimate of drug-likeness (QED) is 0.668. The number of rotatable bonds is 3. The summed E-state index contributed by atoms with van der Waals surface area (Å²) in [6, 6.07) is 6.47. The molecule has 2 N–H and O–H groups in total. The van der Waals surface area contributed by atoms with Crippen LogP contribution >= 0.6 is 0 Å². The van der Waals surface area contributed by atoms with Gasteiger partial charge in [-0.2, -0.15) is 4.98 Å². The zero-order valence-electron chi connectivity index (χ0n) is 16.1. The van der Waals surface area contributed by atoms with Crippen molar-refractivity contribution in [2.75, 3.05) is 23.5 Å². The van der Waals surface area contributed by atoms with E-state index in [1.165, 1.54) is 18.3 Å². The molecular formula is C21H16F3N5O2. The summed E-state index contributed by atoms with van der Waals surface area (Å²) in [5.41, 5.74) is 1.55. The van der Waals surface area contributed by atoms with Crippen LogP contribution in [0.1, 0.15) is 21.5 Å². The molecule has 2 aliphatic heterocycles. The third-order valence-electron chi connectivity index (χ3n) is 5.19. The minimum atomic E-state index is -0.892. The Morgan fingerprint density at radius 2 is 1.90 bits per heavy atom. The van der Waals surface area contributed by atoms with Gasteiger partial charge < -0.3 is 15.4 Å². The zero-order chi connectivity index (χ0) is 21.5. The lowest BCUT2D eigenvalue weighted by Crippen LogP contribution is -2.40. The molecule has 0 saturated carbocycles. The van der Waals surface area contributed by atoms with Crippen molar-refractivity contribution in [1.29, 1.82) is 0 Å². The van der Waals surface area contributed by atoms with E-state index in [1.54, 1.807) is 6.07 Å². The number of fused-ring (bicyclic) bond motifs is 2. The van der Waals surface area contributed by atoms with Gasteiger partial charge in [0.25, 0.3) is 5.91 Å². The summed E-state index contributed by atoms with van der Waals surface area (Å²) >= 11 is 0. The second-order valence-electron chi connectivity index (χ2n) is 7.14. The van der Waals surface area contributed by atoms with Gasteiger partial charge in [0.15, 0.2) is 6.73 Å². The van der Waals surface area contributed by atoms with Crippen molar-refractivity contribution in [2.45, 2.75) is 13.0 Å². The van der Waals surface area contributed by atoms with Crippen molar-refractivity contribution in [3.8, 4) is 5.88 Å². The molecule has 3 heterocycles. The zero-order valence-corrected chi connectivity index (χ0v) is 16.1. The van der Waals surface area contributed by atoms with E-state index in [-0.39, 0.29) is 23.1 Å². The topological polar surface area (TPSA) is 79.4 Å². The predicted octanol–water partition coefficient (Wildman–Crippen LogP) is 3.28. The molecule has 2 aliphatic rings. The summed E-state index contributed by atoms with van der Waals surface area (Å²) < 4.78 is 48.1. The Balaban J connectivity index is 1.42. The number of para-hydroxylation sites is 1. The van der Waals surface area contributed by atoms with Crippen LogP contribution in [0.4, 0.5) is 30.5 Å². The Bertz CT molecular complexity index is 1180. The van der Waals surface area contributed by atoms with Gasteiger partial charge >= 0.3 is 0 Å². The third kappa shape index (κ3) is 3.44. The lowest BCUT2D eigenvalue weighted by Gasteiger charge is -2.28. The molecule has 0 bridgehead atoms. The van der Waals surface area contributed by atoms with E-state index in [9.17, 15) is 18.0 Å². The van der Waals surface area contributed by atoms with E-state index < -0.39 is 35.8 Å². The van der Waals surface area contributed by atoms with Crippen LogP contribution in [-0.2, 0) is 13.0 Å². The molecule has 1 aromatic heterocycles. The highest BCUT2D eigenvalue weighted by Gasteiger charge is 2.32. The Morgan fingerprint density at radius 1 is 1.10 bits per heavy atom. The number of aromatic nitrogens is 2. The van der Waals surface area contributed by atoms with E-state index in [0.717, 1.165) is 41.1 Å². The van der Waals surface area contributed by atoms with E-state index in [1.807, 2.05) is 0 Å². The molecule has 1 amide bonds. The number of ether oxygens (including phenoxy) is 1. The molecule has 31 heavy (non-hydrogen) atoms. The average Bonchev–Trinajstić information content (AvgIpc) is 2.75. The molecule has 7 nitrogen and oxygen atoms in total. The Hall–Kier alpha value is -3.66. The number of halogens is 3. The number of nitrogens with one attached hydrogen (secondary N) is 2. The van der Waals surface area contributed by atoms with Crippen LogP contribution in [0.5, 0.6) is 5.88 Å². The number of hydrogen-bond donors (Lipinski definition) is 2. The number of carbonyl (C=O) groups is 1. The second-order valence-corrected chi connectivity index (χ2v) is 7.14. The van der Waals surface area contributed by atoms with Crippen molar-refractivity contribution in [1.82, 2.24) is 15.3 Å². The van der Waals surface area contributed by atoms with Gasteiger partial charge in [0.2, 0.25) is 11.8 Å². The molecular weight excluding hydrogens is 411 g/mol. The highest BCUT2D eigenvalue weighted by Crippen LogP contribution is 2.31. The van der Waals surface area contributed by atoms with Gasteiger partial charge in [-0.25, -0.2) is 18.2 Å². The van der Waals surface area contributed by atoms with Gasteiger partial charge in [-0.15, -0.1) is 0 Å². The molecule has 3 aromatic rings. The highest BCUT2D eigenvalue weighted by atomic mass is 19.1. The maximum atomic E-state index is 14.5. The third-order valence-corrected chi connectivity index (χ3v) is 5.19. The maximum Gasteiger partial charge on any atom is 0.268 e. The largest absolute Gasteiger partial charge is 0.455 e. The van der Waals surface area contributed by atoms with Gasteiger partial charge in [0.1, 0.15) is 28.7 Å². The first kappa shape index (κ1) is 19.3. The molecule has 0 saturated heterocycles. The summed E-state index contributed by atoms with van der Waals surface area (Å²) in [4.78, 5) is 21.8. The van der Waals surface area contributed by atoms with Crippen molar-refractivity contribution in [2.24, 2.45) is 0 Å². The standard InChI is InChI=1S/C21H16F3N5O2/c22-14-2-1-3-15(23)18(14)29-10-31-19-13(20(29)30)9-26-21(28-19)27-17-7-12-8-25-5-4-11(12)6-16(17)24/h1-3,6-7,9,25H,4-5,8,10H2,(H,26,27,28). The average molecular weight is 427 g/mol. The SMILES string of the molecule is O=C1c2cnc(Nc3cc4c(cc3F)CCNC4)nc2OCN1c1c(F)cccc1F. The van der Waals surface area contributed by atoms with Crippen LogP contribution in [0.2, 0.25) is 0 Å². The van der Waals surface area contributed by atoms with Gasteiger partial charge in [-0.05, 0) is 48.4 Å². The number of amides is 1. The maximum absolute atomic E-state index is 14.5. The minimum absolute atomic E-state index is 0.0275. The molecule has 0 atom stereocenters. The van der Waals surface area contributed by atoms with Crippen LogP contribution in [0.15, 0.2) is 36.5 Å². The van der Waals surface area contributed by atoms with Crippen molar-refractivity contribution < 1.29 is 22.7 Å². The number of anilines is 3. The summed E-state index contributed by atoms with van der Waals surface area (Å²) in [7, 11) is 0. The molecule has 158 valence electrons. The molecule has 0 aliphatic carbocycles. The lowest BCUT2D eigenvalue weighted by atomic mass is 10.00. The van der Waals surface area contributed by atoms with Crippen LogP contribution in [0, 0.1) is 17.5 Å². The Morgan fingerprint density at radius 3 is 2.71 bits per heavy atom. The molecule has 0 radical (unpaired) electrons. The van der Waals surface area contributed by atoms with Crippen LogP contribution in [0.25, 0.3) is 0 Å². The first-order valence-electron chi connectivity index (χ1n) is 9.56. The first-order valence-corrected chi connectivity index (χ1v) is 9.56. The lowest BCUT2D eigenvalue weighted by molar-refractivity contribution is 0.0929. The second kappa shape index (κ2) is 7.55. The van der Waals surface area contributed by atoms with E-state index in [4.69, 9.17) is 4.74 Å². The van der Waals surface area contributed by atoms with Gasteiger partial charge in [-0.3, -0.25) is 9.69 Å². The van der Waals surface area contributed by atoms with Gasteiger partial charge in [0, 0.05) is 12.7 Å². The normalized spacial score (nSPS) is 15.2. The molecule has 10 heteroatoms. The Kier molecular flexibility index (Phi) is 4.70. The van der Waals surface area contributed by atoms with Crippen molar-refractivity contribution >= 4 is 23.2 Å². The molecule has 0 fully saturated rings.